The zero-order chi connectivity index (χ0) is 10.7. The monoisotopic (exact) mass is 227 g/mol. The molecule has 2 N–H and O–H groups in total. The van der Waals surface area contributed by atoms with Gasteiger partial charge in [-0.3, -0.25) is 4.90 Å². The Balaban J connectivity index is 1.91. The summed E-state index contributed by atoms with van der Waals surface area (Å²) in [6.07, 6.45) is 0. The van der Waals surface area contributed by atoms with Crippen molar-refractivity contribution in [1.82, 2.24) is 4.90 Å². The molecule has 0 bridgehead atoms. The lowest BCUT2D eigenvalue weighted by Crippen LogP contribution is -2.35. The van der Waals surface area contributed by atoms with Crippen LogP contribution in [0.3, 0.4) is 0 Å². The molecule has 0 unspecified atom stereocenters. The van der Waals surface area contributed by atoms with Gasteiger partial charge in [-0.1, -0.05) is 6.07 Å². The Kier molecular flexibility index (Phi) is 3.77. The van der Waals surface area contributed by atoms with Gasteiger partial charge in [0.05, 0.1) is 13.2 Å². The van der Waals surface area contributed by atoms with Crippen LogP contribution in [0.15, 0.2) is 12.1 Å². The van der Waals surface area contributed by atoms with E-state index in [2.05, 4.69) is 4.90 Å². The Morgan fingerprint density at radius 1 is 1.33 bits per heavy atom. The van der Waals surface area contributed by atoms with Crippen molar-refractivity contribution in [3.63, 3.8) is 0 Å². The predicted octanol–water partition coefficient (Wildman–Crippen LogP) is -0.740. The maximum atomic E-state index is 8.98. The first-order valence-electron chi connectivity index (χ1n) is 5.00. The van der Waals surface area contributed by atoms with Crippen LogP contribution >= 0.6 is 11.3 Å². The highest BCUT2D eigenvalue weighted by Crippen LogP contribution is 2.11. The summed E-state index contributed by atoms with van der Waals surface area (Å²) >= 11 is 1.45. The molecule has 2 heterocycles. The minimum Gasteiger partial charge on any atom is -0.423 e. The van der Waals surface area contributed by atoms with Crippen LogP contribution in [0.5, 0.6) is 0 Å². The number of ether oxygens (including phenoxy) is 1. The molecule has 0 radical (unpaired) electrons. The van der Waals surface area contributed by atoms with Crippen LogP contribution in [-0.2, 0) is 11.3 Å². The molecule has 4 nitrogen and oxygen atoms in total. The summed E-state index contributed by atoms with van der Waals surface area (Å²) in [6, 6.07) is 3.72. The molecule has 15 heavy (non-hydrogen) atoms. The van der Waals surface area contributed by atoms with Crippen LogP contribution < -0.4 is 4.78 Å². The number of morpholine rings is 1. The van der Waals surface area contributed by atoms with E-state index in [0.29, 0.717) is 4.78 Å². The van der Waals surface area contributed by atoms with E-state index in [1.54, 1.807) is 6.07 Å². The highest BCUT2D eigenvalue weighted by Gasteiger charge is 2.16. The van der Waals surface area contributed by atoms with Gasteiger partial charge in [-0.2, -0.15) is 0 Å². The van der Waals surface area contributed by atoms with Crippen molar-refractivity contribution in [2.24, 2.45) is 0 Å². The second-order valence-electron chi connectivity index (χ2n) is 3.57. The molecule has 0 amide bonds. The Morgan fingerprint density at radius 3 is 2.67 bits per heavy atom. The van der Waals surface area contributed by atoms with Crippen LogP contribution in [0, 0.1) is 0 Å². The molecular formula is C9H14BNO3S. The first-order chi connectivity index (χ1) is 7.25. The van der Waals surface area contributed by atoms with Gasteiger partial charge >= 0.3 is 7.12 Å². The van der Waals surface area contributed by atoms with Crippen molar-refractivity contribution in [3.05, 3.63) is 17.0 Å². The molecule has 1 aliphatic rings. The van der Waals surface area contributed by atoms with Crippen molar-refractivity contribution in [2.45, 2.75) is 6.54 Å². The normalized spacial score (nSPS) is 18.0. The van der Waals surface area contributed by atoms with Crippen molar-refractivity contribution in [2.75, 3.05) is 26.3 Å². The molecule has 6 heteroatoms. The summed E-state index contributed by atoms with van der Waals surface area (Å²) in [5.74, 6) is 0. The molecule has 0 aliphatic carbocycles. The van der Waals surface area contributed by atoms with E-state index in [4.69, 9.17) is 14.8 Å². The van der Waals surface area contributed by atoms with Crippen LogP contribution in [0.25, 0.3) is 0 Å². The molecule has 1 saturated heterocycles. The molecule has 0 spiro atoms. The number of hydrogen-bond donors (Lipinski definition) is 2. The van der Waals surface area contributed by atoms with Crippen LogP contribution in [0.4, 0.5) is 0 Å². The van der Waals surface area contributed by atoms with E-state index < -0.39 is 7.12 Å². The largest absolute Gasteiger partial charge is 0.499 e. The van der Waals surface area contributed by atoms with E-state index in [0.717, 1.165) is 32.8 Å². The maximum absolute atomic E-state index is 8.98. The fourth-order valence-corrected chi connectivity index (χ4v) is 2.53. The number of thiophene rings is 1. The van der Waals surface area contributed by atoms with Gasteiger partial charge in [0.15, 0.2) is 0 Å². The van der Waals surface area contributed by atoms with E-state index in [-0.39, 0.29) is 0 Å². The SMILES string of the molecule is OB(O)c1ccc(CN2CCOCC2)s1. The second-order valence-corrected chi connectivity index (χ2v) is 4.77. The second kappa shape index (κ2) is 5.09. The smallest absolute Gasteiger partial charge is 0.423 e. The van der Waals surface area contributed by atoms with Crippen LogP contribution in [-0.4, -0.2) is 48.4 Å². The molecule has 1 aliphatic heterocycles. The lowest BCUT2D eigenvalue weighted by molar-refractivity contribution is 0.0346. The fraction of sp³-hybridized carbons (Fsp3) is 0.556. The fourth-order valence-electron chi connectivity index (χ4n) is 1.60. The van der Waals surface area contributed by atoms with E-state index in [1.165, 1.54) is 16.2 Å². The lowest BCUT2D eigenvalue weighted by atomic mass is 9.90. The number of rotatable bonds is 3. The highest BCUT2D eigenvalue weighted by atomic mass is 32.1. The standard InChI is InChI=1S/C9H14BNO3S/c12-10(13)9-2-1-8(15-9)7-11-3-5-14-6-4-11/h1-2,12-13H,3-7H2. The summed E-state index contributed by atoms with van der Waals surface area (Å²) in [5, 5.41) is 18.0. The number of nitrogens with zero attached hydrogens (tertiary/aromatic N) is 1. The van der Waals surface area contributed by atoms with Gasteiger partial charge in [0.2, 0.25) is 0 Å². The third kappa shape index (κ3) is 3.03. The third-order valence-corrected chi connectivity index (χ3v) is 3.53. The molecule has 0 saturated carbocycles. The van der Waals surface area contributed by atoms with E-state index >= 15 is 0 Å². The number of hydrogen-bond acceptors (Lipinski definition) is 5. The summed E-state index contributed by atoms with van der Waals surface area (Å²) in [7, 11) is -1.34. The van der Waals surface area contributed by atoms with Gasteiger partial charge in [0.25, 0.3) is 0 Å². The van der Waals surface area contributed by atoms with E-state index in [1.807, 2.05) is 6.07 Å². The summed E-state index contributed by atoms with van der Waals surface area (Å²) < 4.78 is 5.87. The van der Waals surface area contributed by atoms with Crippen LogP contribution in [0.1, 0.15) is 4.88 Å². The molecule has 1 fully saturated rings. The topological polar surface area (TPSA) is 52.9 Å². The Morgan fingerprint density at radius 2 is 2.07 bits per heavy atom. The molecule has 1 aromatic rings. The first kappa shape index (κ1) is 11.1. The minimum absolute atomic E-state index is 0.609. The predicted molar refractivity (Wildman–Crippen MR) is 60.2 cm³/mol. The average molecular weight is 227 g/mol. The molecule has 82 valence electrons. The van der Waals surface area contributed by atoms with Crippen molar-refractivity contribution in [3.8, 4) is 0 Å². The Bertz CT molecular complexity index is 312. The van der Waals surface area contributed by atoms with Gasteiger partial charge in [-0.25, -0.2) is 0 Å². The summed E-state index contributed by atoms with van der Waals surface area (Å²) in [5.41, 5.74) is 0. The molecule has 0 aromatic carbocycles. The van der Waals surface area contributed by atoms with E-state index in [9.17, 15) is 0 Å². The van der Waals surface area contributed by atoms with Gasteiger partial charge < -0.3 is 14.8 Å². The first-order valence-corrected chi connectivity index (χ1v) is 5.82. The third-order valence-electron chi connectivity index (χ3n) is 2.42. The molecule has 0 atom stereocenters. The summed E-state index contributed by atoms with van der Waals surface area (Å²) in [6.45, 7) is 4.37. The Hall–Kier alpha value is -0.395. The van der Waals surface area contributed by atoms with Gasteiger partial charge in [0.1, 0.15) is 0 Å². The molecular weight excluding hydrogens is 213 g/mol. The maximum Gasteiger partial charge on any atom is 0.499 e. The van der Waals surface area contributed by atoms with Gasteiger partial charge in [-0.15, -0.1) is 11.3 Å². The van der Waals surface area contributed by atoms with Gasteiger partial charge in [-0.05, 0) is 6.07 Å². The quantitative estimate of drug-likeness (QED) is 0.668. The average Bonchev–Trinajstić information content (AvgIpc) is 2.68. The molecule has 2 rings (SSSR count). The van der Waals surface area contributed by atoms with Crippen molar-refractivity contribution in [1.29, 1.82) is 0 Å². The van der Waals surface area contributed by atoms with Crippen LogP contribution in [0.2, 0.25) is 0 Å². The van der Waals surface area contributed by atoms with Gasteiger partial charge in [0, 0.05) is 29.3 Å². The molecule has 1 aromatic heterocycles. The minimum atomic E-state index is -1.34. The highest BCUT2D eigenvalue weighted by molar-refractivity contribution is 7.22. The van der Waals surface area contributed by atoms with Crippen molar-refractivity contribution < 1.29 is 14.8 Å². The van der Waals surface area contributed by atoms with Crippen molar-refractivity contribution >= 4 is 23.2 Å². The summed E-state index contributed by atoms with van der Waals surface area (Å²) in [4.78, 5) is 3.48. The Labute approximate surface area is 93.2 Å². The zero-order valence-electron chi connectivity index (χ0n) is 8.43. The zero-order valence-corrected chi connectivity index (χ0v) is 9.24. The lowest BCUT2D eigenvalue weighted by Gasteiger charge is -2.25.